The maximum atomic E-state index is 6.04. The SMILES string of the molecule is CCCCCCCCC(NN)c1ccc(Cl)c(OC)c1. The van der Waals surface area contributed by atoms with Crippen LogP contribution < -0.4 is 16.0 Å². The van der Waals surface area contributed by atoms with Gasteiger partial charge >= 0.3 is 0 Å². The molecule has 4 heteroatoms. The number of hydrogen-bond acceptors (Lipinski definition) is 3. The van der Waals surface area contributed by atoms with Gasteiger partial charge in [0.25, 0.3) is 0 Å². The molecule has 0 saturated heterocycles. The van der Waals surface area contributed by atoms with Gasteiger partial charge in [0.1, 0.15) is 5.75 Å². The molecule has 1 aromatic carbocycles. The van der Waals surface area contributed by atoms with Gasteiger partial charge in [0, 0.05) is 6.04 Å². The van der Waals surface area contributed by atoms with Gasteiger partial charge in [-0.2, -0.15) is 0 Å². The van der Waals surface area contributed by atoms with Crippen molar-refractivity contribution in [3.63, 3.8) is 0 Å². The summed E-state index contributed by atoms with van der Waals surface area (Å²) < 4.78 is 5.25. The maximum Gasteiger partial charge on any atom is 0.137 e. The van der Waals surface area contributed by atoms with E-state index in [4.69, 9.17) is 22.2 Å². The quantitative estimate of drug-likeness (QED) is 0.377. The highest BCUT2D eigenvalue weighted by atomic mass is 35.5. The normalized spacial score (nSPS) is 12.4. The van der Waals surface area contributed by atoms with E-state index >= 15 is 0 Å². The van der Waals surface area contributed by atoms with Crippen LogP contribution in [0.5, 0.6) is 5.75 Å². The molecular formula is C16H27ClN2O. The zero-order valence-electron chi connectivity index (χ0n) is 12.6. The van der Waals surface area contributed by atoms with E-state index in [0.29, 0.717) is 10.8 Å². The summed E-state index contributed by atoms with van der Waals surface area (Å²) in [6.07, 6.45) is 8.77. The van der Waals surface area contributed by atoms with Crippen LogP contribution in [0.2, 0.25) is 5.02 Å². The molecule has 1 aromatic rings. The van der Waals surface area contributed by atoms with Crippen molar-refractivity contribution >= 4 is 11.6 Å². The smallest absolute Gasteiger partial charge is 0.137 e. The second-order valence-corrected chi connectivity index (χ2v) is 5.58. The van der Waals surface area contributed by atoms with Crippen LogP contribution in [-0.2, 0) is 0 Å². The molecule has 1 rings (SSSR count). The summed E-state index contributed by atoms with van der Waals surface area (Å²) in [6, 6.07) is 5.99. The first-order valence-electron chi connectivity index (χ1n) is 7.52. The second-order valence-electron chi connectivity index (χ2n) is 5.17. The molecule has 0 saturated carbocycles. The Labute approximate surface area is 127 Å². The van der Waals surface area contributed by atoms with E-state index < -0.39 is 0 Å². The Morgan fingerprint density at radius 3 is 2.55 bits per heavy atom. The number of hydrazine groups is 1. The highest BCUT2D eigenvalue weighted by Gasteiger charge is 2.11. The molecule has 114 valence electrons. The lowest BCUT2D eigenvalue weighted by atomic mass is 10.00. The minimum atomic E-state index is 0.160. The largest absolute Gasteiger partial charge is 0.495 e. The number of unbranched alkanes of at least 4 members (excludes halogenated alkanes) is 5. The molecule has 0 aliphatic rings. The number of rotatable bonds is 10. The van der Waals surface area contributed by atoms with Crippen molar-refractivity contribution in [2.75, 3.05) is 7.11 Å². The zero-order valence-corrected chi connectivity index (χ0v) is 13.4. The molecule has 0 spiro atoms. The molecule has 3 N–H and O–H groups in total. The molecule has 0 radical (unpaired) electrons. The first kappa shape index (κ1) is 17.3. The van der Waals surface area contributed by atoms with Crippen molar-refractivity contribution in [2.24, 2.45) is 5.84 Å². The zero-order chi connectivity index (χ0) is 14.8. The lowest BCUT2D eigenvalue weighted by molar-refractivity contribution is 0.412. The van der Waals surface area contributed by atoms with Gasteiger partial charge in [-0.3, -0.25) is 11.3 Å². The molecule has 1 atom stereocenters. The standard InChI is InChI=1S/C16H27ClN2O/c1-3-4-5-6-7-8-9-15(19-18)13-10-11-14(17)16(12-13)20-2/h10-12,15,19H,3-9,18H2,1-2H3. The van der Waals surface area contributed by atoms with Crippen LogP contribution in [0.4, 0.5) is 0 Å². The van der Waals surface area contributed by atoms with Gasteiger partial charge in [0.05, 0.1) is 12.1 Å². The molecule has 0 aliphatic carbocycles. The third kappa shape index (κ3) is 5.70. The number of methoxy groups -OCH3 is 1. The number of nitrogens with two attached hydrogens (primary N) is 1. The molecule has 20 heavy (non-hydrogen) atoms. The molecule has 0 amide bonds. The number of ether oxygens (including phenoxy) is 1. The van der Waals surface area contributed by atoms with Crippen LogP contribution in [0.1, 0.15) is 63.5 Å². The molecule has 0 aromatic heterocycles. The van der Waals surface area contributed by atoms with E-state index in [1.54, 1.807) is 7.11 Å². The van der Waals surface area contributed by atoms with Crippen molar-refractivity contribution in [3.8, 4) is 5.75 Å². The fourth-order valence-corrected chi connectivity index (χ4v) is 2.56. The Morgan fingerprint density at radius 2 is 1.90 bits per heavy atom. The fraction of sp³-hybridized carbons (Fsp3) is 0.625. The van der Waals surface area contributed by atoms with Crippen molar-refractivity contribution in [1.29, 1.82) is 0 Å². The first-order chi connectivity index (χ1) is 9.72. The van der Waals surface area contributed by atoms with Gasteiger partial charge in [-0.25, -0.2) is 0 Å². The average Bonchev–Trinajstić information content (AvgIpc) is 2.47. The molecule has 0 fully saturated rings. The lowest BCUT2D eigenvalue weighted by Gasteiger charge is -2.17. The molecule has 1 unspecified atom stereocenters. The summed E-state index contributed by atoms with van der Waals surface area (Å²) >= 11 is 6.04. The van der Waals surface area contributed by atoms with Gasteiger partial charge in [-0.15, -0.1) is 0 Å². The van der Waals surface area contributed by atoms with E-state index in [1.807, 2.05) is 18.2 Å². The summed E-state index contributed by atoms with van der Waals surface area (Å²) in [5.74, 6) is 6.37. The van der Waals surface area contributed by atoms with Crippen LogP contribution in [0.3, 0.4) is 0 Å². The Kier molecular flexibility index (Phi) is 8.67. The molecule has 0 heterocycles. The van der Waals surface area contributed by atoms with E-state index in [0.717, 1.165) is 12.0 Å². The summed E-state index contributed by atoms with van der Waals surface area (Å²) in [5, 5.41) is 0.631. The van der Waals surface area contributed by atoms with Gasteiger partial charge < -0.3 is 4.74 Å². The van der Waals surface area contributed by atoms with E-state index in [2.05, 4.69) is 12.3 Å². The van der Waals surface area contributed by atoms with Gasteiger partial charge in [0.15, 0.2) is 0 Å². The van der Waals surface area contributed by atoms with E-state index in [-0.39, 0.29) is 6.04 Å². The second kappa shape index (κ2) is 10.0. The minimum Gasteiger partial charge on any atom is -0.495 e. The first-order valence-corrected chi connectivity index (χ1v) is 7.90. The summed E-state index contributed by atoms with van der Waals surface area (Å²) in [7, 11) is 1.63. The van der Waals surface area contributed by atoms with Crippen molar-refractivity contribution in [2.45, 2.75) is 57.9 Å². The van der Waals surface area contributed by atoms with Gasteiger partial charge in [0.2, 0.25) is 0 Å². The van der Waals surface area contributed by atoms with Crippen LogP contribution in [0.25, 0.3) is 0 Å². The Balaban J connectivity index is 2.45. The fourth-order valence-electron chi connectivity index (χ4n) is 2.37. The molecule has 0 aliphatic heterocycles. The van der Waals surface area contributed by atoms with Crippen LogP contribution >= 0.6 is 11.6 Å². The number of benzene rings is 1. The Bertz CT molecular complexity index is 385. The van der Waals surface area contributed by atoms with Crippen LogP contribution in [-0.4, -0.2) is 7.11 Å². The monoisotopic (exact) mass is 298 g/mol. The average molecular weight is 299 g/mol. The van der Waals surface area contributed by atoms with Crippen molar-refractivity contribution < 1.29 is 4.74 Å². The van der Waals surface area contributed by atoms with Crippen LogP contribution in [0.15, 0.2) is 18.2 Å². The topological polar surface area (TPSA) is 47.3 Å². The minimum absolute atomic E-state index is 0.160. The Morgan fingerprint density at radius 1 is 1.20 bits per heavy atom. The third-order valence-electron chi connectivity index (χ3n) is 3.63. The molecule has 3 nitrogen and oxygen atoms in total. The van der Waals surface area contributed by atoms with Gasteiger partial charge in [-0.1, -0.05) is 63.1 Å². The lowest BCUT2D eigenvalue weighted by Crippen LogP contribution is -2.28. The number of nitrogens with one attached hydrogen (secondary N) is 1. The highest BCUT2D eigenvalue weighted by molar-refractivity contribution is 6.32. The summed E-state index contributed by atoms with van der Waals surface area (Å²) in [6.45, 7) is 2.24. The summed E-state index contributed by atoms with van der Waals surface area (Å²) in [5.41, 5.74) is 4.02. The Hall–Kier alpha value is -0.770. The van der Waals surface area contributed by atoms with Crippen molar-refractivity contribution in [1.82, 2.24) is 5.43 Å². The molecule has 0 bridgehead atoms. The third-order valence-corrected chi connectivity index (χ3v) is 3.94. The van der Waals surface area contributed by atoms with Gasteiger partial charge in [-0.05, 0) is 24.1 Å². The summed E-state index contributed by atoms with van der Waals surface area (Å²) in [4.78, 5) is 0. The van der Waals surface area contributed by atoms with E-state index in [9.17, 15) is 0 Å². The predicted octanol–water partition coefficient (Wildman–Crippen LogP) is 4.60. The maximum absolute atomic E-state index is 6.04. The number of halogens is 1. The molecular weight excluding hydrogens is 272 g/mol. The van der Waals surface area contributed by atoms with Crippen molar-refractivity contribution in [3.05, 3.63) is 28.8 Å². The predicted molar refractivity (Wildman–Crippen MR) is 86.1 cm³/mol. The highest BCUT2D eigenvalue weighted by Crippen LogP contribution is 2.29. The number of hydrogen-bond donors (Lipinski definition) is 2. The van der Waals surface area contributed by atoms with E-state index in [1.165, 1.54) is 38.5 Å². The van der Waals surface area contributed by atoms with Crippen LogP contribution in [0, 0.1) is 0 Å².